The molecule has 32 heavy (non-hydrogen) atoms. The maximum Gasteiger partial charge on any atom is 0.343 e. The van der Waals surface area contributed by atoms with Gasteiger partial charge in [0, 0.05) is 6.42 Å². The average molecular weight is 433 g/mol. The predicted octanol–water partition coefficient (Wildman–Crippen LogP) is 8.04. The van der Waals surface area contributed by atoms with Crippen molar-refractivity contribution in [1.82, 2.24) is 0 Å². The van der Waals surface area contributed by atoms with Crippen molar-refractivity contribution in [3.63, 3.8) is 0 Å². The van der Waals surface area contributed by atoms with Crippen LogP contribution in [0, 0.1) is 0 Å². The van der Waals surface area contributed by atoms with E-state index in [1.54, 1.807) is 6.07 Å². The summed E-state index contributed by atoms with van der Waals surface area (Å²) in [4.78, 5) is 12.6. The van der Waals surface area contributed by atoms with Gasteiger partial charge in [0.25, 0.3) is 0 Å². The molecule has 0 aliphatic carbocycles. The van der Waals surface area contributed by atoms with Gasteiger partial charge in [0.05, 0.1) is 10.9 Å². The van der Waals surface area contributed by atoms with Crippen molar-refractivity contribution in [2.45, 2.75) is 54.6 Å². The van der Waals surface area contributed by atoms with Crippen LogP contribution in [0.5, 0.6) is 5.75 Å². The molecule has 0 aliphatic heterocycles. The molecule has 0 saturated heterocycles. The van der Waals surface area contributed by atoms with Crippen molar-refractivity contribution in [3.8, 4) is 5.75 Å². The fourth-order valence-electron chi connectivity index (χ4n) is 3.01. The Balaban J connectivity index is 0.000000789. The van der Waals surface area contributed by atoms with Crippen LogP contribution in [0.1, 0.15) is 58.2 Å². The lowest BCUT2D eigenvalue weighted by molar-refractivity contribution is 0.304. The molecule has 1 heterocycles. The second-order valence-corrected chi connectivity index (χ2v) is 6.13. The lowest BCUT2D eigenvalue weighted by Gasteiger charge is -2.13. The summed E-state index contributed by atoms with van der Waals surface area (Å²) in [6.07, 6.45) is 0.470. The third-order valence-electron chi connectivity index (χ3n) is 4.30. The first-order valence-electron chi connectivity index (χ1n) is 11.6. The molecule has 0 aliphatic rings. The Kier molecular flexibility index (Phi) is 12.9. The standard InChI is InChI=1S/C23H18O3.3C2H6/c24-23-20(15-17-9-3-1-4-10-17)22(19-13-7-8-14-21(19)26-23)25-16-18-11-5-2-6-12-18;3*1-2/h1-14H,15-16H2;3*1-2H3. The quantitative estimate of drug-likeness (QED) is 0.300. The number of hydrogen-bond acceptors (Lipinski definition) is 3. The second kappa shape index (κ2) is 15.5. The first-order chi connectivity index (χ1) is 15.8. The normalized spacial score (nSPS) is 9.31. The SMILES string of the molecule is CC.CC.CC.O=c1oc2ccccc2c(OCc2ccccc2)c1Cc1ccccc1. The van der Waals surface area contributed by atoms with Crippen molar-refractivity contribution in [3.05, 3.63) is 112 Å². The van der Waals surface area contributed by atoms with E-state index in [4.69, 9.17) is 9.15 Å². The molecule has 170 valence electrons. The highest BCUT2D eigenvalue weighted by Gasteiger charge is 2.16. The summed E-state index contributed by atoms with van der Waals surface area (Å²) in [7, 11) is 0. The molecule has 3 aromatic carbocycles. The van der Waals surface area contributed by atoms with Gasteiger partial charge in [0.1, 0.15) is 17.9 Å². The van der Waals surface area contributed by atoms with Crippen molar-refractivity contribution < 1.29 is 9.15 Å². The number of hydrogen-bond donors (Lipinski definition) is 0. The van der Waals surface area contributed by atoms with Gasteiger partial charge in [-0.2, -0.15) is 0 Å². The Morgan fingerprint density at radius 2 is 1.16 bits per heavy atom. The Morgan fingerprint density at radius 3 is 1.75 bits per heavy atom. The van der Waals surface area contributed by atoms with E-state index < -0.39 is 0 Å². The van der Waals surface area contributed by atoms with Gasteiger partial charge in [0.2, 0.25) is 0 Å². The third-order valence-corrected chi connectivity index (χ3v) is 4.30. The Hall–Kier alpha value is -3.33. The molecule has 1 aromatic heterocycles. The molecule has 3 nitrogen and oxygen atoms in total. The van der Waals surface area contributed by atoms with Crippen molar-refractivity contribution in [2.75, 3.05) is 0 Å². The number of benzene rings is 3. The zero-order valence-corrected chi connectivity index (χ0v) is 20.2. The Bertz CT molecular complexity index is 1070. The first kappa shape index (κ1) is 26.7. The van der Waals surface area contributed by atoms with Gasteiger partial charge in [-0.3, -0.25) is 0 Å². The molecule has 4 aromatic rings. The first-order valence-corrected chi connectivity index (χ1v) is 11.6. The summed E-state index contributed by atoms with van der Waals surface area (Å²) in [6.45, 7) is 12.4. The molecule has 0 unspecified atom stereocenters. The molecule has 0 spiro atoms. The predicted molar refractivity (Wildman–Crippen MR) is 137 cm³/mol. The third kappa shape index (κ3) is 7.42. The molecule has 0 amide bonds. The minimum absolute atomic E-state index is 0.351. The summed E-state index contributed by atoms with van der Waals surface area (Å²) in [6, 6.07) is 27.3. The Labute approximate surface area is 192 Å². The highest BCUT2D eigenvalue weighted by atomic mass is 16.5. The van der Waals surface area contributed by atoms with Gasteiger partial charge >= 0.3 is 5.63 Å². The summed E-state index contributed by atoms with van der Waals surface area (Å²) >= 11 is 0. The zero-order valence-electron chi connectivity index (χ0n) is 20.2. The average Bonchev–Trinajstić information content (AvgIpc) is 2.89. The monoisotopic (exact) mass is 432 g/mol. The maximum absolute atomic E-state index is 12.6. The Morgan fingerprint density at radius 1 is 0.656 bits per heavy atom. The molecule has 0 atom stereocenters. The summed E-state index contributed by atoms with van der Waals surface area (Å²) in [5, 5.41) is 0.814. The van der Waals surface area contributed by atoms with Gasteiger partial charge in [-0.1, -0.05) is 114 Å². The summed E-state index contributed by atoms with van der Waals surface area (Å²) < 4.78 is 11.7. The lowest BCUT2D eigenvalue weighted by atomic mass is 10.0. The fourth-order valence-corrected chi connectivity index (χ4v) is 3.01. The van der Waals surface area contributed by atoms with Crippen LogP contribution >= 0.6 is 0 Å². The van der Waals surface area contributed by atoms with Crippen LogP contribution in [0.2, 0.25) is 0 Å². The molecule has 0 radical (unpaired) electrons. The van der Waals surface area contributed by atoms with Crippen LogP contribution in [0.25, 0.3) is 11.0 Å². The number of fused-ring (bicyclic) bond motifs is 1. The fraction of sp³-hybridized carbons (Fsp3) is 0.276. The van der Waals surface area contributed by atoms with E-state index in [1.165, 1.54) is 0 Å². The van der Waals surface area contributed by atoms with Crippen LogP contribution in [-0.4, -0.2) is 0 Å². The van der Waals surface area contributed by atoms with Crippen LogP contribution in [0.15, 0.2) is 94.1 Å². The zero-order chi connectivity index (χ0) is 23.8. The van der Waals surface area contributed by atoms with E-state index in [9.17, 15) is 4.79 Å². The van der Waals surface area contributed by atoms with Gasteiger partial charge < -0.3 is 9.15 Å². The smallest absolute Gasteiger partial charge is 0.343 e. The van der Waals surface area contributed by atoms with E-state index in [1.807, 2.05) is 120 Å². The molecule has 0 bridgehead atoms. The van der Waals surface area contributed by atoms with Crippen LogP contribution in [0.4, 0.5) is 0 Å². The van der Waals surface area contributed by atoms with Crippen LogP contribution < -0.4 is 10.4 Å². The van der Waals surface area contributed by atoms with Crippen LogP contribution in [-0.2, 0) is 13.0 Å². The van der Waals surface area contributed by atoms with E-state index in [0.29, 0.717) is 29.9 Å². The molecule has 0 N–H and O–H groups in total. The van der Waals surface area contributed by atoms with Crippen molar-refractivity contribution >= 4 is 11.0 Å². The largest absolute Gasteiger partial charge is 0.488 e. The highest BCUT2D eigenvalue weighted by Crippen LogP contribution is 2.29. The van der Waals surface area contributed by atoms with E-state index in [-0.39, 0.29) is 5.63 Å². The number of para-hydroxylation sites is 1. The molecular formula is C29H36O3. The number of rotatable bonds is 5. The maximum atomic E-state index is 12.6. The molecule has 4 rings (SSSR count). The lowest BCUT2D eigenvalue weighted by Crippen LogP contribution is -2.12. The second-order valence-electron chi connectivity index (χ2n) is 6.13. The van der Waals surface area contributed by atoms with E-state index in [0.717, 1.165) is 16.5 Å². The summed E-state index contributed by atoms with van der Waals surface area (Å²) in [5.74, 6) is 0.601. The summed E-state index contributed by atoms with van der Waals surface area (Å²) in [5.41, 5.74) is 2.83. The minimum atomic E-state index is -0.351. The van der Waals surface area contributed by atoms with Gasteiger partial charge in [-0.05, 0) is 23.3 Å². The van der Waals surface area contributed by atoms with Crippen LogP contribution in [0.3, 0.4) is 0 Å². The minimum Gasteiger partial charge on any atom is -0.488 e. The molecule has 0 saturated carbocycles. The topological polar surface area (TPSA) is 39.4 Å². The van der Waals surface area contributed by atoms with Crippen molar-refractivity contribution in [1.29, 1.82) is 0 Å². The molecular weight excluding hydrogens is 396 g/mol. The van der Waals surface area contributed by atoms with E-state index >= 15 is 0 Å². The molecule has 3 heteroatoms. The van der Waals surface area contributed by atoms with E-state index in [2.05, 4.69) is 0 Å². The highest BCUT2D eigenvalue weighted by molar-refractivity contribution is 5.84. The van der Waals surface area contributed by atoms with Gasteiger partial charge in [-0.25, -0.2) is 4.79 Å². The molecule has 0 fully saturated rings. The number of ether oxygens (including phenoxy) is 1. The van der Waals surface area contributed by atoms with Gasteiger partial charge in [0.15, 0.2) is 0 Å². The van der Waals surface area contributed by atoms with Crippen molar-refractivity contribution in [2.24, 2.45) is 0 Å². The van der Waals surface area contributed by atoms with Gasteiger partial charge in [-0.15, -0.1) is 0 Å².